The second-order valence-electron chi connectivity index (χ2n) is 8.71. The number of methoxy groups -OCH3 is 1. The molecule has 186 valence electrons. The van der Waals surface area contributed by atoms with E-state index >= 15 is 0 Å². The molecule has 5 rings (SSSR count). The number of nitrogens with zero attached hydrogens (tertiary/aromatic N) is 3. The van der Waals surface area contributed by atoms with Crippen LogP contribution in [0.5, 0.6) is 11.6 Å². The summed E-state index contributed by atoms with van der Waals surface area (Å²) in [4.78, 5) is 10.8. The van der Waals surface area contributed by atoms with Crippen molar-refractivity contribution < 1.29 is 23.0 Å². The molecule has 3 aromatic rings. The van der Waals surface area contributed by atoms with Crippen LogP contribution in [0.2, 0.25) is 0 Å². The number of pyridine rings is 2. The van der Waals surface area contributed by atoms with Crippen LogP contribution in [0.4, 0.5) is 14.5 Å². The molecule has 1 saturated heterocycles. The van der Waals surface area contributed by atoms with E-state index in [2.05, 4.69) is 25.5 Å². The summed E-state index contributed by atoms with van der Waals surface area (Å²) in [5.41, 5.74) is 3.26. The number of ether oxygens (including phenoxy) is 3. The molecule has 10 heteroatoms. The lowest BCUT2D eigenvalue weighted by atomic mass is 10.1. The lowest BCUT2D eigenvalue weighted by Gasteiger charge is -2.33. The minimum atomic E-state index is -0.359. The fraction of sp³-hybridized carbons (Fsp3) is 0.440. The molecule has 1 atom stereocenters. The second-order valence-corrected chi connectivity index (χ2v) is 8.71. The maximum atomic E-state index is 14.6. The molecule has 0 saturated carbocycles. The van der Waals surface area contributed by atoms with E-state index in [0.29, 0.717) is 79.7 Å². The molecule has 0 radical (unpaired) electrons. The van der Waals surface area contributed by atoms with Gasteiger partial charge in [-0.3, -0.25) is 9.88 Å². The molecule has 0 amide bonds. The first kappa shape index (κ1) is 23.7. The summed E-state index contributed by atoms with van der Waals surface area (Å²) < 4.78 is 45.4. The van der Waals surface area contributed by atoms with Crippen molar-refractivity contribution in [1.29, 1.82) is 0 Å². The SMILES string of the molecule is COc1ccc2ncc(F)c(CCN3CCO[C@@H](CNCc4cc(F)c5c(c4)NCCO5)C3)c2n1. The van der Waals surface area contributed by atoms with E-state index in [1.165, 1.54) is 19.4 Å². The number of anilines is 1. The molecule has 0 unspecified atom stereocenters. The number of hydrogen-bond donors (Lipinski definition) is 2. The molecule has 2 aromatic heterocycles. The second kappa shape index (κ2) is 10.7. The Morgan fingerprint density at radius 2 is 2.14 bits per heavy atom. The molecule has 2 N–H and O–H groups in total. The Bertz CT molecular complexity index is 1200. The van der Waals surface area contributed by atoms with Crippen LogP contribution in [-0.4, -0.2) is 74.0 Å². The summed E-state index contributed by atoms with van der Waals surface area (Å²) in [6, 6.07) is 6.93. The van der Waals surface area contributed by atoms with E-state index in [1.807, 2.05) is 6.07 Å². The molecule has 2 aliphatic heterocycles. The first-order chi connectivity index (χ1) is 17.1. The zero-order chi connectivity index (χ0) is 24.2. The maximum Gasteiger partial charge on any atom is 0.213 e. The highest BCUT2D eigenvalue weighted by Crippen LogP contribution is 2.31. The summed E-state index contributed by atoms with van der Waals surface area (Å²) in [7, 11) is 1.54. The van der Waals surface area contributed by atoms with Gasteiger partial charge in [0.1, 0.15) is 12.4 Å². The van der Waals surface area contributed by atoms with Gasteiger partial charge in [-0.15, -0.1) is 0 Å². The van der Waals surface area contributed by atoms with Crippen LogP contribution in [0.25, 0.3) is 11.0 Å². The fourth-order valence-electron chi connectivity index (χ4n) is 4.55. The number of hydrogen-bond acceptors (Lipinski definition) is 8. The third-order valence-electron chi connectivity index (χ3n) is 6.32. The van der Waals surface area contributed by atoms with Crippen LogP contribution in [0.3, 0.4) is 0 Å². The molecule has 4 heterocycles. The monoisotopic (exact) mass is 485 g/mol. The van der Waals surface area contributed by atoms with Gasteiger partial charge in [-0.25, -0.2) is 13.8 Å². The average molecular weight is 486 g/mol. The molecule has 0 spiro atoms. The zero-order valence-electron chi connectivity index (χ0n) is 19.7. The molecular formula is C25H29F2N5O3. The van der Waals surface area contributed by atoms with Gasteiger partial charge in [-0.05, 0) is 30.2 Å². The van der Waals surface area contributed by atoms with Crippen molar-refractivity contribution in [2.75, 3.05) is 58.4 Å². The number of halogens is 2. The van der Waals surface area contributed by atoms with Crippen molar-refractivity contribution in [3.63, 3.8) is 0 Å². The number of benzene rings is 1. The summed E-state index contributed by atoms with van der Waals surface area (Å²) in [5, 5.41) is 6.54. The van der Waals surface area contributed by atoms with Crippen molar-refractivity contribution >= 4 is 16.7 Å². The van der Waals surface area contributed by atoms with E-state index in [9.17, 15) is 8.78 Å². The van der Waals surface area contributed by atoms with Crippen molar-refractivity contribution in [3.05, 3.63) is 53.2 Å². The van der Waals surface area contributed by atoms with Crippen LogP contribution < -0.4 is 20.1 Å². The van der Waals surface area contributed by atoms with Crippen molar-refractivity contribution in [2.24, 2.45) is 0 Å². The highest BCUT2D eigenvalue weighted by Gasteiger charge is 2.22. The number of morpholine rings is 1. The Hall–Kier alpha value is -3.08. The summed E-state index contributed by atoms with van der Waals surface area (Å²) in [6.45, 7) is 5.06. The largest absolute Gasteiger partial charge is 0.486 e. The highest BCUT2D eigenvalue weighted by atomic mass is 19.1. The third kappa shape index (κ3) is 5.44. The van der Waals surface area contributed by atoms with Crippen LogP contribution >= 0.6 is 0 Å². The lowest BCUT2D eigenvalue weighted by Crippen LogP contribution is -2.47. The Kier molecular flexibility index (Phi) is 7.21. The molecule has 0 bridgehead atoms. The van der Waals surface area contributed by atoms with Gasteiger partial charge >= 0.3 is 0 Å². The van der Waals surface area contributed by atoms with Gasteiger partial charge in [0.25, 0.3) is 0 Å². The predicted molar refractivity (Wildman–Crippen MR) is 128 cm³/mol. The number of nitrogens with one attached hydrogen (secondary N) is 2. The van der Waals surface area contributed by atoms with Crippen LogP contribution in [0.1, 0.15) is 11.1 Å². The summed E-state index contributed by atoms with van der Waals surface area (Å²) in [5.74, 6) is 0.0144. The topological polar surface area (TPSA) is 80.8 Å². The minimum Gasteiger partial charge on any atom is -0.486 e. The quantitative estimate of drug-likeness (QED) is 0.504. The van der Waals surface area contributed by atoms with E-state index in [4.69, 9.17) is 14.2 Å². The summed E-state index contributed by atoms with van der Waals surface area (Å²) >= 11 is 0. The average Bonchev–Trinajstić information content (AvgIpc) is 2.88. The van der Waals surface area contributed by atoms with Crippen molar-refractivity contribution in [2.45, 2.75) is 19.1 Å². The number of rotatable bonds is 8. The Labute approximate surface area is 202 Å². The van der Waals surface area contributed by atoms with Gasteiger partial charge in [0.15, 0.2) is 11.6 Å². The summed E-state index contributed by atoms with van der Waals surface area (Å²) in [6.07, 6.45) is 1.75. The minimum absolute atomic E-state index is 0.00932. The van der Waals surface area contributed by atoms with Crippen molar-refractivity contribution in [1.82, 2.24) is 20.2 Å². The molecule has 8 nitrogen and oxygen atoms in total. The third-order valence-corrected chi connectivity index (χ3v) is 6.32. The number of fused-ring (bicyclic) bond motifs is 2. The first-order valence-electron chi connectivity index (χ1n) is 11.8. The first-order valence-corrected chi connectivity index (χ1v) is 11.8. The van der Waals surface area contributed by atoms with Crippen LogP contribution in [-0.2, 0) is 17.7 Å². The maximum absolute atomic E-state index is 14.6. The molecule has 1 fully saturated rings. The van der Waals surface area contributed by atoms with Gasteiger partial charge < -0.3 is 24.8 Å². The molecule has 35 heavy (non-hydrogen) atoms. The zero-order valence-corrected chi connectivity index (χ0v) is 19.7. The normalized spacial score (nSPS) is 18.1. The Morgan fingerprint density at radius 3 is 3.03 bits per heavy atom. The lowest BCUT2D eigenvalue weighted by molar-refractivity contribution is -0.0267. The Morgan fingerprint density at radius 1 is 1.23 bits per heavy atom. The van der Waals surface area contributed by atoms with Gasteiger partial charge in [-0.1, -0.05) is 0 Å². The van der Waals surface area contributed by atoms with E-state index in [0.717, 1.165) is 18.7 Å². The highest BCUT2D eigenvalue weighted by molar-refractivity contribution is 5.78. The van der Waals surface area contributed by atoms with Gasteiger partial charge in [0, 0.05) is 50.9 Å². The van der Waals surface area contributed by atoms with Gasteiger partial charge in [-0.2, -0.15) is 0 Å². The Balaban J connectivity index is 1.16. The van der Waals surface area contributed by atoms with Crippen molar-refractivity contribution in [3.8, 4) is 11.6 Å². The van der Waals surface area contributed by atoms with Crippen LogP contribution in [0.15, 0.2) is 30.5 Å². The molecule has 2 aliphatic rings. The molecule has 0 aliphatic carbocycles. The van der Waals surface area contributed by atoms with E-state index in [-0.39, 0.29) is 17.7 Å². The van der Waals surface area contributed by atoms with Gasteiger partial charge in [0.05, 0.1) is 42.7 Å². The molecular weight excluding hydrogens is 456 g/mol. The standard InChI is InChI=1S/C25H29F2N5O3/c1-33-23-3-2-21-24(31-23)18(20(27)14-30-21)4-6-32-7-9-34-17(15-32)13-28-12-16-10-19(26)25-22(11-16)29-5-8-35-25/h2-3,10-11,14,17,28-29H,4-9,12-13,15H2,1H3/t17-/m0/s1. The fourth-order valence-corrected chi connectivity index (χ4v) is 4.55. The molecule has 1 aromatic carbocycles. The smallest absolute Gasteiger partial charge is 0.213 e. The van der Waals surface area contributed by atoms with Crippen LogP contribution in [0, 0.1) is 11.6 Å². The number of aromatic nitrogens is 2. The predicted octanol–water partition coefficient (Wildman–Crippen LogP) is 2.75. The van der Waals surface area contributed by atoms with E-state index < -0.39 is 0 Å². The van der Waals surface area contributed by atoms with E-state index in [1.54, 1.807) is 12.1 Å². The van der Waals surface area contributed by atoms with Gasteiger partial charge in [0.2, 0.25) is 5.88 Å².